The van der Waals surface area contributed by atoms with Crippen molar-refractivity contribution in [3.05, 3.63) is 35.7 Å². The minimum Gasteiger partial charge on any atom is -0.484 e. The van der Waals surface area contributed by atoms with Crippen LogP contribution in [0.2, 0.25) is 0 Å². The van der Waals surface area contributed by atoms with Gasteiger partial charge in [0.15, 0.2) is 5.75 Å². The fourth-order valence-electron chi connectivity index (χ4n) is 3.02. The van der Waals surface area contributed by atoms with Gasteiger partial charge in [-0.2, -0.15) is 5.10 Å². The van der Waals surface area contributed by atoms with E-state index in [1.165, 1.54) is 30.4 Å². The zero-order chi connectivity index (χ0) is 14.9. The van der Waals surface area contributed by atoms with Crippen molar-refractivity contribution in [2.45, 2.75) is 39.0 Å². The van der Waals surface area contributed by atoms with Crippen LogP contribution in [-0.2, 0) is 26.1 Å². The van der Waals surface area contributed by atoms with E-state index in [-0.39, 0.29) is 0 Å². The number of ether oxygens (including phenoxy) is 1. The molecule has 0 bridgehead atoms. The van der Waals surface area contributed by atoms with Gasteiger partial charge < -0.3 is 9.64 Å². The third-order valence-electron chi connectivity index (χ3n) is 4.45. The lowest BCUT2D eigenvalue weighted by atomic mass is 10.1. The van der Waals surface area contributed by atoms with Gasteiger partial charge in [0.25, 0.3) is 0 Å². The molecule has 1 saturated carbocycles. The number of likely N-dealkylation sites (N-methyl/N-ethyl adjacent to an activating group) is 1. The molecular weight excluding hydrogens is 278 g/mol. The smallest absolute Gasteiger partial charge is 0.156 e. The molecule has 2 aliphatic rings. The summed E-state index contributed by atoms with van der Waals surface area (Å²) in [5.74, 6) is 1.53. The maximum atomic E-state index is 5.81. The van der Waals surface area contributed by atoms with E-state index in [9.17, 15) is 0 Å². The molecule has 0 unspecified atom stereocenters. The van der Waals surface area contributed by atoms with Crippen molar-refractivity contribution in [3.8, 4) is 5.75 Å². The Morgan fingerprint density at radius 1 is 1.27 bits per heavy atom. The average Bonchev–Trinajstić information content (AvgIpc) is 3.29. The van der Waals surface area contributed by atoms with Gasteiger partial charge in [0, 0.05) is 37.3 Å². The fraction of sp³-hybridized carbons (Fsp3) is 0.562. The Hall–Kier alpha value is -1.95. The first-order chi connectivity index (χ1) is 10.8. The largest absolute Gasteiger partial charge is 0.484 e. The van der Waals surface area contributed by atoms with Crippen LogP contribution in [0.3, 0.4) is 0 Å². The van der Waals surface area contributed by atoms with Crippen LogP contribution < -0.4 is 4.74 Å². The van der Waals surface area contributed by atoms with Crippen LogP contribution in [0.5, 0.6) is 5.75 Å². The molecule has 6 heteroatoms. The molecule has 1 aliphatic carbocycles. The summed E-state index contributed by atoms with van der Waals surface area (Å²) < 4.78 is 8.04. The van der Waals surface area contributed by atoms with Crippen LogP contribution in [-0.4, -0.2) is 38.2 Å². The summed E-state index contributed by atoms with van der Waals surface area (Å²) >= 11 is 0. The Labute approximate surface area is 130 Å². The van der Waals surface area contributed by atoms with Crippen molar-refractivity contribution < 1.29 is 4.74 Å². The molecule has 0 amide bonds. The maximum Gasteiger partial charge on any atom is 0.156 e. The SMILES string of the molecule is CN1CCc2c(c(COc3cncnc3)nn2CC2CC2)C1. The van der Waals surface area contributed by atoms with Crippen LogP contribution in [0, 0.1) is 5.92 Å². The molecule has 3 heterocycles. The molecule has 22 heavy (non-hydrogen) atoms. The van der Waals surface area contributed by atoms with Crippen LogP contribution in [0.1, 0.15) is 29.8 Å². The van der Waals surface area contributed by atoms with E-state index < -0.39 is 0 Å². The van der Waals surface area contributed by atoms with Crippen molar-refractivity contribution in [1.29, 1.82) is 0 Å². The van der Waals surface area contributed by atoms with Gasteiger partial charge in [-0.1, -0.05) is 0 Å². The minimum atomic E-state index is 0.487. The van der Waals surface area contributed by atoms with Gasteiger partial charge in [-0.15, -0.1) is 0 Å². The quantitative estimate of drug-likeness (QED) is 0.840. The van der Waals surface area contributed by atoms with Crippen molar-refractivity contribution in [2.24, 2.45) is 5.92 Å². The molecule has 0 spiro atoms. The predicted molar refractivity (Wildman–Crippen MR) is 81.4 cm³/mol. The normalized spacial score (nSPS) is 18.2. The Morgan fingerprint density at radius 2 is 2.09 bits per heavy atom. The predicted octanol–water partition coefficient (Wildman–Crippen LogP) is 1.65. The number of hydrogen-bond donors (Lipinski definition) is 0. The minimum absolute atomic E-state index is 0.487. The van der Waals surface area contributed by atoms with Gasteiger partial charge in [0.05, 0.1) is 12.4 Å². The Balaban J connectivity index is 1.56. The molecule has 0 aromatic carbocycles. The van der Waals surface area contributed by atoms with E-state index in [0.29, 0.717) is 12.4 Å². The van der Waals surface area contributed by atoms with Crippen LogP contribution in [0.15, 0.2) is 18.7 Å². The van der Waals surface area contributed by atoms with Gasteiger partial charge in [0.2, 0.25) is 0 Å². The monoisotopic (exact) mass is 299 g/mol. The van der Waals surface area contributed by atoms with E-state index in [1.54, 1.807) is 12.4 Å². The first kappa shape index (κ1) is 13.7. The number of fused-ring (bicyclic) bond motifs is 1. The third kappa shape index (κ3) is 2.83. The fourth-order valence-corrected chi connectivity index (χ4v) is 3.02. The highest BCUT2D eigenvalue weighted by atomic mass is 16.5. The van der Waals surface area contributed by atoms with Crippen molar-refractivity contribution in [2.75, 3.05) is 13.6 Å². The number of rotatable bonds is 5. The molecule has 0 saturated heterocycles. The van der Waals surface area contributed by atoms with Gasteiger partial charge in [-0.05, 0) is 25.8 Å². The topological polar surface area (TPSA) is 56.1 Å². The molecule has 1 fully saturated rings. The van der Waals surface area contributed by atoms with Gasteiger partial charge in [-0.25, -0.2) is 9.97 Å². The lowest BCUT2D eigenvalue weighted by Gasteiger charge is -2.23. The molecule has 1 aliphatic heterocycles. The van der Waals surface area contributed by atoms with Crippen LogP contribution in [0.4, 0.5) is 0 Å². The molecule has 6 nitrogen and oxygen atoms in total. The third-order valence-corrected chi connectivity index (χ3v) is 4.45. The van der Waals surface area contributed by atoms with Gasteiger partial charge in [-0.3, -0.25) is 4.68 Å². The van der Waals surface area contributed by atoms with E-state index in [4.69, 9.17) is 9.84 Å². The molecule has 2 aromatic rings. The van der Waals surface area contributed by atoms with E-state index >= 15 is 0 Å². The highest BCUT2D eigenvalue weighted by Crippen LogP contribution is 2.32. The zero-order valence-electron chi connectivity index (χ0n) is 12.9. The molecule has 2 aromatic heterocycles. The number of aromatic nitrogens is 4. The molecule has 0 radical (unpaired) electrons. The lowest BCUT2D eigenvalue weighted by molar-refractivity contribution is 0.285. The standard InChI is InChI=1S/C16H21N5O/c1-20-5-4-16-14(9-20)15(19-21(16)8-12-2-3-12)10-22-13-6-17-11-18-7-13/h6-7,11-12H,2-5,8-10H2,1H3. The molecule has 0 N–H and O–H groups in total. The number of hydrogen-bond acceptors (Lipinski definition) is 5. The highest BCUT2D eigenvalue weighted by Gasteiger charge is 2.28. The summed E-state index contributed by atoms with van der Waals surface area (Å²) in [4.78, 5) is 10.3. The van der Waals surface area contributed by atoms with Gasteiger partial charge in [0.1, 0.15) is 18.6 Å². The zero-order valence-corrected chi connectivity index (χ0v) is 12.9. The summed E-state index contributed by atoms with van der Waals surface area (Å²) in [6.07, 6.45) is 8.66. The first-order valence-electron chi connectivity index (χ1n) is 7.93. The summed E-state index contributed by atoms with van der Waals surface area (Å²) in [7, 11) is 2.16. The van der Waals surface area contributed by atoms with Crippen LogP contribution in [0.25, 0.3) is 0 Å². The summed E-state index contributed by atoms with van der Waals surface area (Å²) in [6.45, 7) is 3.63. The Kier molecular flexibility index (Phi) is 3.54. The molecule has 116 valence electrons. The van der Waals surface area contributed by atoms with E-state index in [2.05, 4.69) is 26.6 Å². The van der Waals surface area contributed by atoms with Gasteiger partial charge >= 0.3 is 0 Å². The summed E-state index contributed by atoms with van der Waals surface area (Å²) in [5, 5.41) is 4.85. The second kappa shape index (κ2) is 5.68. The van der Waals surface area contributed by atoms with Crippen LogP contribution >= 0.6 is 0 Å². The second-order valence-electron chi connectivity index (χ2n) is 6.35. The summed E-state index contributed by atoms with van der Waals surface area (Å²) in [5.41, 5.74) is 3.82. The van der Waals surface area contributed by atoms with E-state index in [1.807, 2.05) is 0 Å². The maximum absolute atomic E-state index is 5.81. The summed E-state index contributed by atoms with van der Waals surface area (Å²) in [6, 6.07) is 0. The second-order valence-corrected chi connectivity index (χ2v) is 6.35. The molecule has 4 rings (SSSR count). The number of nitrogens with zero attached hydrogens (tertiary/aromatic N) is 5. The Bertz CT molecular complexity index is 650. The first-order valence-corrected chi connectivity index (χ1v) is 7.93. The van der Waals surface area contributed by atoms with Crippen molar-refractivity contribution in [3.63, 3.8) is 0 Å². The highest BCUT2D eigenvalue weighted by molar-refractivity contribution is 5.29. The lowest BCUT2D eigenvalue weighted by Crippen LogP contribution is -2.28. The van der Waals surface area contributed by atoms with Crippen molar-refractivity contribution in [1.82, 2.24) is 24.6 Å². The Morgan fingerprint density at radius 3 is 2.86 bits per heavy atom. The van der Waals surface area contributed by atoms with E-state index in [0.717, 1.165) is 37.7 Å². The molecular formula is C16H21N5O. The molecule has 0 atom stereocenters. The van der Waals surface area contributed by atoms with Crippen molar-refractivity contribution >= 4 is 0 Å². The average molecular weight is 299 g/mol.